The number of amides is 4. The number of allylic oxidation sites excluding steroid dienone is 2. The third kappa shape index (κ3) is 3.88. The average molecular weight is 690 g/mol. The van der Waals surface area contributed by atoms with Crippen molar-refractivity contribution in [3.05, 3.63) is 65.8 Å². The highest BCUT2D eigenvalue weighted by molar-refractivity contribution is 9.09. The number of carbonyl (C=O) groups is 4. The Morgan fingerprint density at radius 1 is 1.02 bits per heavy atom. The number of likely N-dealkylation sites (tertiary alicyclic amines) is 1. The zero-order chi connectivity index (χ0) is 31.0. The molecular weight excluding hydrogens is 663 g/mol. The van der Waals surface area contributed by atoms with Gasteiger partial charge in [0.2, 0.25) is 17.6 Å². The number of nitrogens with zero attached hydrogens (tertiary/aromatic N) is 2. The Bertz CT molecular complexity index is 1600. The number of benzene rings is 2. The van der Waals surface area contributed by atoms with Crippen molar-refractivity contribution in [3.63, 3.8) is 0 Å². The summed E-state index contributed by atoms with van der Waals surface area (Å²) in [6.07, 6.45) is 3.59. The van der Waals surface area contributed by atoms with Gasteiger partial charge in [-0.2, -0.15) is 0 Å². The molecule has 6 rings (SSSR count). The van der Waals surface area contributed by atoms with Crippen LogP contribution >= 0.6 is 39.1 Å². The number of methoxy groups -OCH3 is 2. The lowest BCUT2D eigenvalue weighted by molar-refractivity contribution is -0.138. The molecule has 0 radical (unpaired) electrons. The van der Waals surface area contributed by atoms with E-state index in [1.165, 1.54) is 31.3 Å². The van der Waals surface area contributed by atoms with Gasteiger partial charge in [0.05, 0.1) is 37.2 Å². The number of phenols is 1. The van der Waals surface area contributed by atoms with Gasteiger partial charge in [0.25, 0.3) is 11.8 Å². The Labute approximate surface area is 266 Å². The fourth-order valence-electron chi connectivity index (χ4n) is 7.22. The van der Waals surface area contributed by atoms with E-state index in [-0.39, 0.29) is 41.5 Å². The van der Waals surface area contributed by atoms with Crippen molar-refractivity contribution >= 4 is 74.5 Å². The minimum absolute atomic E-state index is 0.0570. The van der Waals surface area contributed by atoms with E-state index < -0.39 is 51.1 Å². The standard InChI is InChI=1S/C31H27BrCl2N2O7/c1-4-15-5-7-17(8-6-15)36-26(38)19-10-9-18-20(23(19)27(36)39)13-30(33)28(40)35(14-32)29(41)31(30,34)24(18)16-11-21(42-2)25(37)22(12-16)43-3/h4-9,11-12,19-20,23-24,37H,1,10,13-14H2,2-3H3/t19-,20+,23-,24-,30+,31-/m0/s1. The zero-order valence-corrected chi connectivity index (χ0v) is 26.3. The predicted octanol–water partition coefficient (Wildman–Crippen LogP) is 4.97. The first kappa shape index (κ1) is 29.7. The Hall–Kier alpha value is -3.34. The zero-order valence-electron chi connectivity index (χ0n) is 23.2. The maximum atomic E-state index is 14.1. The van der Waals surface area contributed by atoms with Crippen LogP contribution in [0.4, 0.5) is 5.69 Å². The van der Waals surface area contributed by atoms with Crippen molar-refractivity contribution in [2.75, 3.05) is 24.6 Å². The van der Waals surface area contributed by atoms with Crippen LogP contribution in [-0.4, -0.2) is 63.1 Å². The third-order valence-electron chi connectivity index (χ3n) is 9.24. The fraction of sp³-hybridized carbons (Fsp3) is 0.355. The molecule has 3 fully saturated rings. The molecule has 0 bridgehead atoms. The van der Waals surface area contributed by atoms with Gasteiger partial charge < -0.3 is 14.6 Å². The van der Waals surface area contributed by atoms with E-state index in [1.807, 2.05) is 6.08 Å². The van der Waals surface area contributed by atoms with Crippen LogP contribution < -0.4 is 14.4 Å². The number of imide groups is 2. The lowest BCUT2D eigenvalue weighted by atomic mass is 9.56. The van der Waals surface area contributed by atoms with Crippen LogP contribution in [0.15, 0.2) is 54.6 Å². The van der Waals surface area contributed by atoms with Gasteiger partial charge in [0.15, 0.2) is 21.2 Å². The number of fused-ring (bicyclic) bond motifs is 4. The Kier molecular flexibility index (Phi) is 7.18. The molecule has 4 amide bonds. The molecule has 2 heterocycles. The summed E-state index contributed by atoms with van der Waals surface area (Å²) in [5.74, 6) is -5.53. The molecule has 9 nitrogen and oxygen atoms in total. The highest BCUT2D eigenvalue weighted by Gasteiger charge is 2.76. The molecule has 0 aromatic heterocycles. The summed E-state index contributed by atoms with van der Waals surface area (Å²) in [5, 5.41) is 10.6. The molecule has 2 saturated heterocycles. The van der Waals surface area contributed by atoms with Crippen LogP contribution in [0.5, 0.6) is 17.2 Å². The van der Waals surface area contributed by atoms with Crippen LogP contribution in [0.25, 0.3) is 6.08 Å². The number of halogens is 3. The SMILES string of the molecule is C=Cc1ccc(N2C(=O)[C@H]3[C@H](CC=C4[C@H]3C[C@@]3(Cl)C(=O)N(CBr)C(=O)[C@@]3(Cl)[C@H]4c3cc(OC)c(O)c(OC)c3)C2=O)cc1. The van der Waals surface area contributed by atoms with Crippen molar-refractivity contribution in [2.45, 2.75) is 28.5 Å². The Morgan fingerprint density at radius 3 is 2.21 bits per heavy atom. The molecule has 4 aliphatic rings. The summed E-state index contributed by atoms with van der Waals surface area (Å²) in [5.41, 5.74) is 2.14. The summed E-state index contributed by atoms with van der Waals surface area (Å²) >= 11 is 17.8. The second-order valence-electron chi connectivity index (χ2n) is 11.1. The van der Waals surface area contributed by atoms with E-state index in [1.54, 1.807) is 30.3 Å². The van der Waals surface area contributed by atoms with Crippen molar-refractivity contribution in [2.24, 2.45) is 17.8 Å². The van der Waals surface area contributed by atoms with Gasteiger partial charge in [-0.25, -0.2) is 0 Å². The highest BCUT2D eigenvalue weighted by atomic mass is 79.9. The van der Waals surface area contributed by atoms with Gasteiger partial charge >= 0.3 is 0 Å². The molecule has 43 heavy (non-hydrogen) atoms. The molecule has 0 unspecified atom stereocenters. The molecule has 2 aliphatic carbocycles. The summed E-state index contributed by atoms with van der Waals surface area (Å²) in [4.78, 5) is 53.8. The van der Waals surface area contributed by atoms with E-state index in [9.17, 15) is 24.3 Å². The van der Waals surface area contributed by atoms with Crippen LogP contribution in [-0.2, 0) is 19.2 Å². The van der Waals surface area contributed by atoms with Crippen LogP contribution in [0.3, 0.4) is 0 Å². The molecule has 2 aromatic rings. The summed E-state index contributed by atoms with van der Waals surface area (Å²) in [7, 11) is 2.73. The number of phenolic OH excluding ortho intramolecular Hbond substituents is 1. The van der Waals surface area contributed by atoms with Crippen LogP contribution in [0, 0.1) is 17.8 Å². The van der Waals surface area contributed by atoms with Crippen molar-refractivity contribution < 1.29 is 33.8 Å². The molecule has 224 valence electrons. The van der Waals surface area contributed by atoms with Gasteiger partial charge in [0, 0.05) is 5.92 Å². The minimum atomic E-state index is -1.99. The Balaban J connectivity index is 1.53. The Morgan fingerprint density at radius 2 is 1.65 bits per heavy atom. The topological polar surface area (TPSA) is 113 Å². The summed E-state index contributed by atoms with van der Waals surface area (Å²) in [6.45, 7) is 3.75. The maximum absolute atomic E-state index is 14.1. The molecule has 1 saturated carbocycles. The van der Waals surface area contributed by atoms with E-state index in [0.717, 1.165) is 10.5 Å². The molecular formula is C31H27BrCl2N2O7. The second-order valence-corrected chi connectivity index (χ2v) is 12.8. The number of anilines is 1. The smallest absolute Gasteiger partial charge is 0.254 e. The molecule has 6 atom stereocenters. The average Bonchev–Trinajstić information content (AvgIpc) is 3.35. The fourth-order valence-corrected chi connectivity index (χ4v) is 8.65. The largest absolute Gasteiger partial charge is 0.502 e. The van der Waals surface area contributed by atoms with Gasteiger partial charge in [-0.05, 0) is 54.2 Å². The number of hydrogen-bond acceptors (Lipinski definition) is 7. The second kappa shape index (κ2) is 10.4. The van der Waals surface area contributed by atoms with Crippen LogP contribution in [0.1, 0.15) is 29.9 Å². The maximum Gasteiger partial charge on any atom is 0.254 e. The monoisotopic (exact) mass is 688 g/mol. The normalized spacial score (nSPS) is 31.4. The molecule has 2 aliphatic heterocycles. The number of rotatable bonds is 6. The predicted molar refractivity (Wildman–Crippen MR) is 164 cm³/mol. The first-order chi connectivity index (χ1) is 20.5. The van der Waals surface area contributed by atoms with E-state index in [2.05, 4.69) is 22.5 Å². The van der Waals surface area contributed by atoms with E-state index >= 15 is 0 Å². The minimum Gasteiger partial charge on any atom is -0.502 e. The molecule has 12 heteroatoms. The van der Waals surface area contributed by atoms with Crippen molar-refractivity contribution in [1.29, 1.82) is 0 Å². The lowest BCUT2D eigenvalue weighted by Crippen LogP contribution is -2.60. The highest BCUT2D eigenvalue weighted by Crippen LogP contribution is 2.66. The van der Waals surface area contributed by atoms with Gasteiger partial charge in [0.1, 0.15) is 0 Å². The van der Waals surface area contributed by atoms with Gasteiger partial charge in [-0.15, -0.1) is 23.2 Å². The summed E-state index contributed by atoms with van der Waals surface area (Å²) < 4.78 is 10.8. The van der Waals surface area contributed by atoms with E-state index in [4.69, 9.17) is 32.7 Å². The van der Waals surface area contributed by atoms with E-state index in [0.29, 0.717) is 16.8 Å². The van der Waals surface area contributed by atoms with Gasteiger partial charge in [-0.3, -0.25) is 29.0 Å². The first-order valence-electron chi connectivity index (χ1n) is 13.5. The number of alkyl halides is 3. The number of aromatic hydroxyl groups is 1. The quantitative estimate of drug-likeness (QED) is 0.197. The number of ether oxygens (including phenoxy) is 2. The van der Waals surface area contributed by atoms with Gasteiger partial charge in [-0.1, -0.05) is 52.4 Å². The third-order valence-corrected chi connectivity index (χ3v) is 11.2. The molecule has 0 spiro atoms. The summed E-state index contributed by atoms with van der Waals surface area (Å²) in [6, 6.07) is 9.95. The lowest BCUT2D eigenvalue weighted by Gasteiger charge is -2.50. The van der Waals surface area contributed by atoms with Crippen molar-refractivity contribution in [1.82, 2.24) is 4.90 Å². The van der Waals surface area contributed by atoms with Crippen molar-refractivity contribution in [3.8, 4) is 17.2 Å². The first-order valence-corrected chi connectivity index (χ1v) is 15.4. The molecule has 1 N–H and O–H groups in total. The number of hydrogen-bond donors (Lipinski definition) is 1. The molecule has 2 aromatic carbocycles. The van der Waals surface area contributed by atoms with Crippen LogP contribution in [0.2, 0.25) is 0 Å². The number of carbonyl (C=O) groups excluding carboxylic acids is 4.